The predicted octanol–water partition coefficient (Wildman–Crippen LogP) is 3.02. The summed E-state index contributed by atoms with van der Waals surface area (Å²) in [6.45, 7) is 0.297. The molecule has 106 valence electrons. The molecule has 5 heteroatoms. The van der Waals surface area contributed by atoms with Crippen molar-refractivity contribution in [3.63, 3.8) is 0 Å². The lowest BCUT2D eigenvalue weighted by Gasteiger charge is -2.34. The van der Waals surface area contributed by atoms with E-state index in [0.717, 1.165) is 31.2 Å². The second kappa shape index (κ2) is 4.77. The molecule has 0 bridgehead atoms. The zero-order chi connectivity index (χ0) is 13.6. The highest BCUT2D eigenvalue weighted by Crippen LogP contribution is 2.44. The maximum Gasteiger partial charge on any atom is 0.181 e. The number of hydrogen-bond acceptors (Lipinski definition) is 5. The van der Waals surface area contributed by atoms with Gasteiger partial charge in [-0.05, 0) is 25.0 Å². The second-order valence-corrected chi connectivity index (χ2v) is 6.65. The van der Waals surface area contributed by atoms with Crippen molar-refractivity contribution in [2.24, 2.45) is 0 Å². The smallest absolute Gasteiger partial charge is 0.181 e. The van der Waals surface area contributed by atoms with Crippen LogP contribution in [-0.2, 0) is 9.47 Å². The summed E-state index contributed by atoms with van der Waals surface area (Å²) < 4.78 is 12.5. The van der Waals surface area contributed by atoms with Gasteiger partial charge in [-0.3, -0.25) is 0 Å². The molecule has 1 saturated carbocycles. The molecule has 1 aromatic heterocycles. The molecule has 2 aliphatic rings. The van der Waals surface area contributed by atoms with E-state index in [4.69, 9.17) is 14.5 Å². The molecular formula is C15H17NO3S. The number of nitrogens with zero attached hydrogens (tertiary/aromatic N) is 1. The van der Waals surface area contributed by atoms with Crippen LogP contribution in [-0.4, -0.2) is 28.8 Å². The third-order valence-electron chi connectivity index (χ3n) is 4.25. The van der Waals surface area contributed by atoms with Gasteiger partial charge in [-0.25, -0.2) is 4.98 Å². The van der Waals surface area contributed by atoms with E-state index in [9.17, 15) is 5.11 Å². The third kappa shape index (κ3) is 2.15. The van der Waals surface area contributed by atoms with Crippen LogP contribution in [0.2, 0.25) is 0 Å². The number of thiazole rings is 1. The van der Waals surface area contributed by atoms with Crippen molar-refractivity contribution in [2.75, 3.05) is 6.61 Å². The number of rotatable bonds is 1. The minimum Gasteiger partial charge on any atom is -0.366 e. The van der Waals surface area contributed by atoms with E-state index in [0.29, 0.717) is 12.5 Å². The average Bonchev–Trinajstić information content (AvgIpc) is 3.04. The fraction of sp³-hybridized carbons (Fsp3) is 0.533. The summed E-state index contributed by atoms with van der Waals surface area (Å²) in [5.41, 5.74) is 1.09. The molecule has 0 amide bonds. The molecular weight excluding hydrogens is 274 g/mol. The molecule has 1 aliphatic heterocycles. The Morgan fingerprint density at radius 1 is 1.25 bits per heavy atom. The lowest BCUT2D eigenvalue weighted by molar-refractivity contribution is -0.214. The number of aliphatic hydroxyl groups excluding tert-OH is 1. The number of aliphatic hydroxyl groups is 1. The summed E-state index contributed by atoms with van der Waals surface area (Å²) in [6.07, 6.45) is 2.93. The number of fused-ring (bicyclic) bond motifs is 1. The van der Waals surface area contributed by atoms with Crippen molar-refractivity contribution in [3.8, 4) is 0 Å². The highest BCUT2D eigenvalue weighted by atomic mass is 32.1. The maximum atomic E-state index is 9.47. The van der Waals surface area contributed by atoms with Crippen LogP contribution in [0, 0.1) is 0 Å². The second-order valence-electron chi connectivity index (χ2n) is 5.59. The first-order valence-corrected chi connectivity index (χ1v) is 7.91. The van der Waals surface area contributed by atoms with E-state index in [1.807, 2.05) is 6.07 Å². The summed E-state index contributed by atoms with van der Waals surface area (Å²) in [5, 5.41) is 10.7. The van der Waals surface area contributed by atoms with Crippen LogP contribution in [0.4, 0.5) is 0 Å². The van der Waals surface area contributed by atoms with E-state index < -0.39 is 12.1 Å². The Morgan fingerprint density at radius 2 is 2.05 bits per heavy atom. The van der Waals surface area contributed by atoms with Crippen LogP contribution in [0.5, 0.6) is 0 Å². The quantitative estimate of drug-likeness (QED) is 0.877. The van der Waals surface area contributed by atoms with Gasteiger partial charge in [0, 0.05) is 18.8 Å². The highest BCUT2D eigenvalue weighted by Gasteiger charge is 2.44. The Kier molecular flexibility index (Phi) is 3.03. The molecule has 1 unspecified atom stereocenters. The van der Waals surface area contributed by atoms with Crippen LogP contribution in [0.25, 0.3) is 10.2 Å². The van der Waals surface area contributed by atoms with Crippen LogP contribution in [0.3, 0.4) is 0 Å². The number of aromatic nitrogens is 1. The summed E-state index contributed by atoms with van der Waals surface area (Å²) in [4.78, 5) is 4.75. The fourth-order valence-corrected chi connectivity index (χ4v) is 4.31. The van der Waals surface area contributed by atoms with Gasteiger partial charge in [0.2, 0.25) is 0 Å². The molecule has 0 radical (unpaired) electrons. The zero-order valence-electron chi connectivity index (χ0n) is 11.1. The molecule has 2 fully saturated rings. The first-order valence-electron chi connectivity index (χ1n) is 7.09. The van der Waals surface area contributed by atoms with Crippen molar-refractivity contribution in [1.29, 1.82) is 0 Å². The normalized spacial score (nSPS) is 34.0. The van der Waals surface area contributed by atoms with Crippen LogP contribution < -0.4 is 0 Å². The SMILES string of the molecule is OC1COC2(CCC(c3nc4ccccc4s3)CC2)O1. The summed E-state index contributed by atoms with van der Waals surface area (Å²) in [7, 11) is 0. The Bertz CT molecular complexity index is 585. The molecule has 2 heterocycles. The van der Waals surface area contributed by atoms with Gasteiger partial charge in [0.1, 0.15) is 6.61 Å². The van der Waals surface area contributed by atoms with Crippen molar-refractivity contribution >= 4 is 21.6 Å². The maximum absolute atomic E-state index is 9.47. The van der Waals surface area contributed by atoms with E-state index >= 15 is 0 Å². The lowest BCUT2D eigenvalue weighted by atomic mass is 9.85. The molecule has 1 aliphatic carbocycles. The van der Waals surface area contributed by atoms with Gasteiger partial charge in [-0.1, -0.05) is 12.1 Å². The van der Waals surface area contributed by atoms with Gasteiger partial charge in [-0.2, -0.15) is 0 Å². The Hall–Kier alpha value is -1.01. The molecule has 2 aromatic rings. The molecule has 4 nitrogen and oxygen atoms in total. The lowest BCUT2D eigenvalue weighted by Crippen LogP contribution is -2.35. The first-order chi connectivity index (χ1) is 9.74. The van der Waals surface area contributed by atoms with Crippen molar-refractivity contribution in [2.45, 2.75) is 43.7 Å². The molecule has 1 aromatic carbocycles. The van der Waals surface area contributed by atoms with Crippen LogP contribution >= 0.6 is 11.3 Å². The predicted molar refractivity (Wildman–Crippen MR) is 76.6 cm³/mol. The molecule has 4 rings (SSSR count). The Balaban J connectivity index is 1.51. The number of benzene rings is 1. The van der Waals surface area contributed by atoms with E-state index in [1.54, 1.807) is 11.3 Å². The van der Waals surface area contributed by atoms with Crippen molar-refractivity contribution < 1.29 is 14.6 Å². The minimum absolute atomic E-state index is 0.297. The average molecular weight is 291 g/mol. The van der Waals surface area contributed by atoms with E-state index in [-0.39, 0.29) is 0 Å². The topological polar surface area (TPSA) is 51.6 Å². The Morgan fingerprint density at radius 3 is 2.75 bits per heavy atom. The highest BCUT2D eigenvalue weighted by molar-refractivity contribution is 7.18. The van der Waals surface area contributed by atoms with Crippen LogP contribution in [0.15, 0.2) is 24.3 Å². The first kappa shape index (κ1) is 12.7. The minimum atomic E-state index is -0.756. The fourth-order valence-electron chi connectivity index (χ4n) is 3.17. The van der Waals surface area contributed by atoms with E-state index in [1.165, 1.54) is 9.71 Å². The van der Waals surface area contributed by atoms with Gasteiger partial charge in [0.25, 0.3) is 0 Å². The number of ether oxygens (including phenoxy) is 2. The van der Waals surface area contributed by atoms with Gasteiger partial charge in [0.15, 0.2) is 12.1 Å². The number of para-hydroxylation sites is 1. The summed E-state index contributed by atoms with van der Waals surface area (Å²) in [6, 6.07) is 8.28. The largest absolute Gasteiger partial charge is 0.366 e. The van der Waals surface area contributed by atoms with Crippen LogP contribution in [0.1, 0.15) is 36.6 Å². The van der Waals surface area contributed by atoms with Gasteiger partial charge in [0.05, 0.1) is 15.2 Å². The van der Waals surface area contributed by atoms with Crippen molar-refractivity contribution in [3.05, 3.63) is 29.3 Å². The molecule has 20 heavy (non-hydrogen) atoms. The van der Waals surface area contributed by atoms with Gasteiger partial charge >= 0.3 is 0 Å². The van der Waals surface area contributed by atoms with Gasteiger partial charge in [-0.15, -0.1) is 11.3 Å². The van der Waals surface area contributed by atoms with E-state index in [2.05, 4.69) is 18.2 Å². The zero-order valence-corrected chi connectivity index (χ0v) is 11.9. The molecule has 1 N–H and O–H groups in total. The standard InChI is InChI=1S/C15H17NO3S/c17-13-9-18-15(19-13)7-5-10(6-8-15)14-16-11-3-1-2-4-12(11)20-14/h1-4,10,13,17H,5-9H2. The molecule has 1 spiro atoms. The summed E-state index contributed by atoms with van der Waals surface area (Å²) in [5.74, 6) is -0.0463. The third-order valence-corrected chi connectivity index (χ3v) is 5.45. The number of hydrogen-bond donors (Lipinski definition) is 1. The molecule has 1 atom stereocenters. The monoisotopic (exact) mass is 291 g/mol. The van der Waals surface area contributed by atoms with Crippen molar-refractivity contribution in [1.82, 2.24) is 4.98 Å². The Labute approximate surface area is 121 Å². The molecule has 1 saturated heterocycles. The van der Waals surface area contributed by atoms with Gasteiger partial charge < -0.3 is 14.6 Å². The summed E-state index contributed by atoms with van der Waals surface area (Å²) >= 11 is 1.79.